The van der Waals surface area contributed by atoms with Crippen molar-refractivity contribution >= 4 is 5.91 Å². The van der Waals surface area contributed by atoms with E-state index in [1.807, 2.05) is 11.8 Å². The van der Waals surface area contributed by atoms with Gasteiger partial charge < -0.3 is 15.0 Å². The zero-order valence-electron chi connectivity index (χ0n) is 11.7. The Hall–Kier alpha value is -0.610. The van der Waals surface area contributed by atoms with E-state index in [2.05, 4.69) is 12.2 Å². The number of ether oxygens (including phenoxy) is 1. The summed E-state index contributed by atoms with van der Waals surface area (Å²) in [6.45, 7) is 7.59. The van der Waals surface area contributed by atoms with E-state index in [4.69, 9.17) is 4.74 Å². The molecule has 4 heteroatoms. The normalized spacial score (nSPS) is 33.4. The Kier molecular flexibility index (Phi) is 5.01. The summed E-state index contributed by atoms with van der Waals surface area (Å²) in [4.78, 5) is 14.5. The first-order valence-corrected chi connectivity index (χ1v) is 7.36. The fourth-order valence-corrected chi connectivity index (χ4v) is 3.09. The zero-order chi connectivity index (χ0) is 13.0. The molecule has 2 rings (SSSR count). The summed E-state index contributed by atoms with van der Waals surface area (Å²) in [5.74, 6) is 0.741. The number of carbonyl (C=O) groups is 1. The van der Waals surface area contributed by atoms with Crippen LogP contribution in [0.4, 0.5) is 0 Å². The van der Waals surface area contributed by atoms with Gasteiger partial charge in [0.15, 0.2) is 0 Å². The molecule has 2 heterocycles. The second-order valence-electron chi connectivity index (χ2n) is 5.56. The van der Waals surface area contributed by atoms with Crippen LogP contribution >= 0.6 is 0 Å². The lowest BCUT2D eigenvalue weighted by Crippen LogP contribution is -2.55. The lowest BCUT2D eigenvalue weighted by atomic mass is 9.91. The van der Waals surface area contributed by atoms with Crippen LogP contribution in [0.3, 0.4) is 0 Å². The maximum atomic E-state index is 12.5. The molecule has 3 unspecified atom stereocenters. The van der Waals surface area contributed by atoms with E-state index in [9.17, 15) is 4.79 Å². The Balaban J connectivity index is 1.91. The van der Waals surface area contributed by atoms with E-state index in [1.54, 1.807) is 0 Å². The molecule has 0 spiro atoms. The predicted molar refractivity (Wildman–Crippen MR) is 71.4 cm³/mol. The molecule has 4 nitrogen and oxygen atoms in total. The van der Waals surface area contributed by atoms with Crippen LogP contribution in [0.1, 0.15) is 39.5 Å². The van der Waals surface area contributed by atoms with E-state index in [-0.39, 0.29) is 18.1 Å². The van der Waals surface area contributed by atoms with Crippen molar-refractivity contribution in [3.63, 3.8) is 0 Å². The smallest absolute Gasteiger partial charge is 0.240 e. The molecule has 2 aliphatic heterocycles. The average molecular weight is 254 g/mol. The fourth-order valence-electron chi connectivity index (χ4n) is 3.09. The van der Waals surface area contributed by atoms with Gasteiger partial charge in [-0.25, -0.2) is 0 Å². The fraction of sp³-hybridized carbons (Fsp3) is 0.929. The standard InChI is InChI=1S/C14H26N2O2/c1-3-18-12-7-5-9-16(10-12)14(17)13-11(2)6-4-8-15-13/h11-13,15H,3-10H2,1-2H3. The molecular weight excluding hydrogens is 228 g/mol. The second-order valence-corrected chi connectivity index (χ2v) is 5.56. The van der Waals surface area contributed by atoms with Gasteiger partial charge in [0.25, 0.3) is 0 Å². The van der Waals surface area contributed by atoms with Crippen LogP contribution in [-0.4, -0.2) is 49.2 Å². The SMILES string of the molecule is CCOC1CCCN(C(=O)C2NCCCC2C)C1. The molecule has 104 valence electrons. The van der Waals surface area contributed by atoms with Crippen molar-refractivity contribution in [3.05, 3.63) is 0 Å². The molecule has 0 radical (unpaired) electrons. The Morgan fingerprint density at radius 2 is 2.22 bits per heavy atom. The third-order valence-electron chi connectivity index (χ3n) is 4.13. The highest BCUT2D eigenvalue weighted by Gasteiger charge is 2.33. The number of hydrogen-bond donors (Lipinski definition) is 1. The second kappa shape index (κ2) is 6.53. The van der Waals surface area contributed by atoms with Crippen LogP contribution in [0.5, 0.6) is 0 Å². The van der Waals surface area contributed by atoms with Crippen molar-refractivity contribution in [1.82, 2.24) is 10.2 Å². The minimum absolute atomic E-state index is 0.0270. The molecule has 2 aliphatic rings. The van der Waals surface area contributed by atoms with Crippen molar-refractivity contribution < 1.29 is 9.53 Å². The van der Waals surface area contributed by atoms with Crippen molar-refractivity contribution in [1.29, 1.82) is 0 Å². The topological polar surface area (TPSA) is 41.6 Å². The lowest BCUT2D eigenvalue weighted by molar-refractivity contribution is -0.139. The van der Waals surface area contributed by atoms with Gasteiger partial charge in [-0.1, -0.05) is 6.92 Å². The highest BCUT2D eigenvalue weighted by atomic mass is 16.5. The van der Waals surface area contributed by atoms with E-state index in [1.165, 1.54) is 6.42 Å². The number of carbonyl (C=O) groups excluding carboxylic acids is 1. The molecule has 1 amide bonds. The summed E-state index contributed by atoms with van der Waals surface area (Å²) in [7, 11) is 0. The van der Waals surface area contributed by atoms with Gasteiger partial charge in [-0.15, -0.1) is 0 Å². The maximum absolute atomic E-state index is 12.5. The van der Waals surface area contributed by atoms with E-state index in [0.29, 0.717) is 5.92 Å². The Labute approximate surface area is 110 Å². The monoisotopic (exact) mass is 254 g/mol. The molecule has 0 bridgehead atoms. The van der Waals surface area contributed by atoms with Gasteiger partial charge >= 0.3 is 0 Å². The largest absolute Gasteiger partial charge is 0.377 e. The first kappa shape index (κ1) is 13.8. The van der Waals surface area contributed by atoms with Gasteiger partial charge in [0, 0.05) is 19.7 Å². The number of likely N-dealkylation sites (tertiary alicyclic amines) is 1. The molecule has 0 aromatic heterocycles. The van der Waals surface area contributed by atoms with Crippen LogP contribution < -0.4 is 5.32 Å². The summed E-state index contributed by atoms with van der Waals surface area (Å²) in [6.07, 6.45) is 4.74. The van der Waals surface area contributed by atoms with E-state index < -0.39 is 0 Å². The van der Waals surface area contributed by atoms with Gasteiger partial charge in [0.05, 0.1) is 12.1 Å². The zero-order valence-corrected chi connectivity index (χ0v) is 11.7. The van der Waals surface area contributed by atoms with Gasteiger partial charge in [-0.05, 0) is 45.1 Å². The summed E-state index contributed by atoms with van der Waals surface area (Å²) in [5, 5.41) is 3.38. The van der Waals surface area contributed by atoms with Gasteiger partial charge in [-0.3, -0.25) is 4.79 Å². The summed E-state index contributed by atoms with van der Waals surface area (Å²) in [6, 6.07) is 0.0270. The molecule has 2 saturated heterocycles. The summed E-state index contributed by atoms with van der Waals surface area (Å²) < 4.78 is 5.66. The molecule has 0 saturated carbocycles. The first-order chi connectivity index (χ1) is 8.72. The highest BCUT2D eigenvalue weighted by Crippen LogP contribution is 2.20. The number of nitrogens with one attached hydrogen (secondary N) is 1. The molecular formula is C14H26N2O2. The molecule has 18 heavy (non-hydrogen) atoms. The lowest BCUT2D eigenvalue weighted by Gasteiger charge is -2.38. The third kappa shape index (κ3) is 3.23. The van der Waals surface area contributed by atoms with E-state index >= 15 is 0 Å². The Bertz CT molecular complexity index is 281. The van der Waals surface area contributed by atoms with E-state index in [0.717, 1.165) is 45.5 Å². The number of nitrogens with zero attached hydrogens (tertiary/aromatic N) is 1. The van der Waals surface area contributed by atoms with Gasteiger partial charge in [0.1, 0.15) is 0 Å². The average Bonchev–Trinajstić information content (AvgIpc) is 2.39. The number of hydrogen-bond acceptors (Lipinski definition) is 3. The van der Waals surface area contributed by atoms with Crippen LogP contribution in [0, 0.1) is 5.92 Å². The minimum atomic E-state index is 0.0270. The van der Waals surface area contributed by atoms with Gasteiger partial charge in [-0.2, -0.15) is 0 Å². The van der Waals surface area contributed by atoms with Gasteiger partial charge in [0.2, 0.25) is 5.91 Å². The summed E-state index contributed by atoms with van der Waals surface area (Å²) in [5.41, 5.74) is 0. The molecule has 3 atom stereocenters. The Morgan fingerprint density at radius 3 is 2.94 bits per heavy atom. The quantitative estimate of drug-likeness (QED) is 0.828. The number of amides is 1. The molecule has 2 fully saturated rings. The predicted octanol–water partition coefficient (Wildman–Crippen LogP) is 1.40. The summed E-state index contributed by atoms with van der Waals surface area (Å²) >= 11 is 0. The van der Waals surface area contributed by atoms with Crippen molar-refractivity contribution in [2.24, 2.45) is 5.92 Å². The molecule has 0 aromatic rings. The molecule has 1 N–H and O–H groups in total. The molecule has 0 aliphatic carbocycles. The molecule has 0 aromatic carbocycles. The highest BCUT2D eigenvalue weighted by molar-refractivity contribution is 5.82. The number of rotatable bonds is 3. The minimum Gasteiger partial charge on any atom is -0.377 e. The third-order valence-corrected chi connectivity index (χ3v) is 4.13. The van der Waals surface area contributed by atoms with Crippen LogP contribution in [0.15, 0.2) is 0 Å². The van der Waals surface area contributed by atoms with Crippen molar-refractivity contribution in [3.8, 4) is 0 Å². The maximum Gasteiger partial charge on any atom is 0.240 e. The number of piperidine rings is 2. The van der Waals surface area contributed by atoms with Crippen LogP contribution in [0.25, 0.3) is 0 Å². The van der Waals surface area contributed by atoms with Crippen molar-refractivity contribution in [2.45, 2.75) is 51.7 Å². The van der Waals surface area contributed by atoms with Crippen molar-refractivity contribution in [2.75, 3.05) is 26.2 Å². The van der Waals surface area contributed by atoms with Crippen LogP contribution in [0.2, 0.25) is 0 Å². The van der Waals surface area contributed by atoms with Crippen LogP contribution in [-0.2, 0) is 9.53 Å². The first-order valence-electron chi connectivity index (χ1n) is 7.36. The Morgan fingerprint density at radius 1 is 1.39 bits per heavy atom.